The second-order valence-electron chi connectivity index (χ2n) is 5.44. The number of allylic oxidation sites excluding steroid dienone is 2. The van der Waals surface area contributed by atoms with Gasteiger partial charge in [0.2, 0.25) is 0 Å². The lowest BCUT2D eigenvalue weighted by Crippen LogP contribution is -2.48. The lowest BCUT2D eigenvalue weighted by atomic mass is 9.88. The minimum Gasteiger partial charge on any atom is -0.394 e. The van der Waals surface area contributed by atoms with Gasteiger partial charge in [0.05, 0.1) is 24.9 Å². The fraction of sp³-hybridized carbons (Fsp3) is 0.667. The van der Waals surface area contributed by atoms with Gasteiger partial charge in [0, 0.05) is 0 Å². The maximum atomic E-state index is 12.7. The van der Waals surface area contributed by atoms with Gasteiger partial charge in [0.25, 0.3) is 0 Å². The van der Waals surface area contributed by atoms with Crippen LogP contribution in [0.4, 0.5) is 13.2 Å². The Kier molecular flexibility index (Phi) is 6.56. The highest BCUT2D eigenvalue weighted by Gasteiger charge is 2.43. The van der Waals surface area contributed by atoms with Gasteiger partial charge in [-0.05, 0) is 12.8 Å². The number of rotatable bonds is 7. The molecule has 1 aliphatic carbocycles. The van der Waals surface area contributed by atoms with Gasteiger partial charge in [0.15, 0.2) is 0 Å². The molecule has 0 aromatic carbocycles. The molecule has 0 radical (unpaired) electrons. The Morgan fingerprint density at radius 3 is 2.43 bits per heavy atom. The molecule has 0 aliphatic heterocycles. The summed E-state index contributed by atoms with van der Waals surface area (Å²) in [6.07, 6.45) is -3.14. The zero-order valence-electron chi connectivity index (χ0n) is 12.0. The minimum absolute atomic E-state index is 0.0113. The summed E-state index contributed by atoms with van der Waals surface area (Å²) in [4.78, 5) is 17.2. The molecule has 23 heavy (non-hydrogen) atoms. The Hall–Kier alpha value is -0.740. The first-order valence-corrected chi connectivity index (χ1v) is 8.13. The summed E-state index contributed by atoms with van der Waals surface area (Å²) in [6.45, 7) is -1.33. The van der Waals surface area contributed by atoms with E-state index in [1.54, 1.807) is 0 Å². The van der Waals surface area contributed by atoms with Crippen LogP contribution in [-0.2, 0) is 9.09 Å². The number of nitrogens with two attached hydrogens (primary N) is 1. The van der Waals surface area contributed by atoms with Crippen LogP contribution in [0.25, 0.3) is 0 Å². The SMILES string of the molecule is NC(CO)(CCC1=CC(C(F)(F)F)C(O)C=C1)COP(=O)(O)O. The van der Waals surface area contributed by atoms with Crippen LogP contribution in [0.1, 0.15) is 12.8 Å². The van der Waals surface area contributed by atoms with E-state index in [1.807, 2.05) is 0 Å². The predicted octanol–water partition coefficient (Wildman–Crippen LogP) is 0.601. The molecule has 0 saturated carbocycles. The fourth-order valence-electron chi connectivity index (χ4n) is 1.98. The molecule has 134 valence electrons. The third-order valence-electron chi connectivity index (χ3n) is 3.39. The quantitative estimate of drug-likeness (QED) is 0.419. The van der Waals surface area contributed by atoms with Crippen LogP contribution in [0.3, 0.4) is 0 Å². The van der Waals surface area contributed by atoms with Gasteiger partial charge in [-0.15, -0.1) is 0 Å². The van der Waals surface area contributed by atoms with Crippen molar-refractivity contribution in [3.63, 3.8) is 0 Å². The first-order chi connectivity index (χ1) is 10.4. The Morgan fingerprint density at radius 1 is 1.35 bits per heavy atom. The Morgan fingerprint density at radius 2 is 1.96 bits per heavy atom. The van der Waals surface area contributed by atoms with Gasteiger partial charge in [-0.25, -0.2) is 4.57 Å². The predicted molar refractivity (Wildman–Crippen MR) is 74.0 cm³/mol. The highest BCUT2D eigenvalue weighted by molar-refractivity contribution is 7.46. The first kappa shape index (κ1) is 20.3. The monoisotopic (exact) mass is 361 g/mol. The first-order valence-electron chi connectivity index (χ1n) is 6.60. The number of aliphatic hydroxyl groups excluding tert-OH is 2. The molecule has 0 fully saturated rings. The molecule has 7 nitrogen and oxygen atoms in total. The standard InChI is InChI=1S/C12H19F3NO6P/c13-12(14,15)9-5-8(1-2-10(9)18)3-4-11(16,6-17)7-22-23(19,20)21/h1-2,5,9-10,17-18H,3-4,6-7,16H2,(H2,19,20,21). The normalized spacial score (nSPS) is 25.1. The molecule has 11 heteroatoms. The Balaban J connectivity index is 2.71. The lowest BCUT2D eigenvalue weighted by Gasteiger charge is -2.29. The maximum Gasteiger partial charge on any atom is 0.469 e. The average molecular weight is 361 g/mol. The molecular formula is C12H19F3NO6P. The molecule has 1 aliphatic rings. The molecule has 3 unspecified atom stereocenters. The van der Waals surface area contributed by atoms with Gasteiger partial charge < -0.3 is 25.7 Å². The number of alkyl halides is 3. The fourth-order valence-corrected chi connectivity index (χ4v) is 2.41. The smallest absolute Gasteiger partial charge is 0.394 e. The van der Waals surface area contributed by atoms with Crippen molar-refractivity contribution in [3.8, 4) is 0 Å². The van der Waals surface area contributed by atoms with Crippen LogP contribution in [0.5, 0.6) is 0 Å². The largest absolute Gasteiger partial charge is 0.469 e. The Labute approximate surface area is 130 Å². The highest BCUT2D eigenvalue weighted by Crippen LogP contribution is 2.38. The van der Waals surface area contributed by atoms with Crippen LogP contribution in [0.2, 0.25) is 0 Å². The number of halogens is 3. The van der Waals surface area contributed by atoms with Crippen molar-refractivity contribution in [2.24, 2.45) is 11.7 Å². The lowest BCUT2D eigenvalue weighted by molar-refractivity contribution is -0.179. The van der Waals surface area contributed by atoms with Gasteiger partial charge in [-0.2, -0.15) is 13.2 Å². The summed E-state index contributed by atoms with van der Waals surface area (Å²) in [5.74, 6) is -2.03. The van der Waals surface area contributed by atoms with Crippen LogP contribution >= 0.6 is 7.82 Å². The number of aliphatic hydroxyl groups is 2. The number of hydrogen-bond acceptors (Lipinski definition) is 5. The second-order valence-corrected chi connectivity index (χ2v) is 6.68. The van der Waals surface area contributed by atoms with E-state index in [0.29, 0.717) is 0 Å². The zero-order valence-corrected chi connectivity index (χ0v) is 12.9. The topological polar surface area (TPSA) is 133 Å². The molecule has 6 N–H and O–H groups in total. The van der Waals surface area contributed by atoms with Crippen LogP contribution in [0, 0.1) is 5.92 Å². The van der Waals surface area contributed by atoms with E-state index >= 15 is 0 Å². The van der Waals surface area contributed by atoms with Crippen molar-refractivity contribution in [1.82, 2.24) is 0 Å². The van der Waals surface area contributed by atoms with E-state index in [4.69, 9.17) is 15.5 Å². The summed E-state index contributed by atoms with van der Waals surface area (Å²) < 4.78 is 53.1. The van der Waals surface area contributed by atoms with E-state index in [9.17, 15) is 27.9 Å². The summed E-state index contributed by atoms with van der Waals surface area (Å²) in [5, 5.41) is 18.6. The van der Waals surface area contributed by atoms with Crippen LogP contribution in [0.15, 0.2) is 23.8 Å². The van der Waals surface area contributed by atoms with Crippen LogP contribution in [-0.4, -0.2) is 51.0 Å². The van der Waals surface area contributed by atoms with Gasteiger partial charge in [-0.1, -0.05) is 23.8 Å². The number of phosphoric ester groups is 1. The zero-order chi connectivity index (χ0) is 17.9. The van der Waals surface area contributed by atoms with E-state index in [2.05, 4.69) is 4.52 Å². The van der Waals surface area contributed by atoms with Gasteiger partial charge in [-0.3, -0.25) is 4.52 Å². The molecule has 0 aromatic heterocycles. The molecule has 3 atom stereocenters. The number of hydrogen-bond donors (Lipinski definition) is 5. The van der Waals surface area contributed by atoms with E-state index in [0.717, 1.165) is 12.2 Å². The molecular weight excluding hydrogens is 342 g/mol. The van der Waals surface area contributed by atoms with Crippen molar-refractivity contribution < 1.29 is 42.3 Å². The van der Waals surface area contributed by atoms with E-state index < -0.39 is 44.8 Å². The molecule has 0 saturated heterocycles. The van der Waals surface area contributed by atoms with Crippen molar-refractivity contribution in [3.05, 3.63) is 23.8 Å². The molecule has 0 bridgehead atoms. The summed E-state index contributed by atoms with van der Waals surface area (Å²) >= 11 is 0. The molecule has 0 aromatic rings. The molecule has 1 rings (SSSR count). The van der Waals surface area contributed by atoms with E-state index in [-0.39, 0.29) is 18.4 Å². The summed E-state index contributed by atoms with van der Waals surface area (Å²) in [7, 11) is -4.77. The second kappa shape index (κ2) is 7.43. The van der Waals surface area contributed by atoms with Crippen LogP contribution < -0.4 is 5.73 Å². The van der Waals surface area contributed by atoms with Crippen molar-refractivity contribution in [2.75, 3.05) is 13.2 Å². The average Bonchev–Trinajstić information content (AvgIpc) is 2.42. The Bertz CT molecular complexity index is 517. The van der Waals surface area contributed by atoms with Crippen molar-refractivity contribution in [2.45, 2.75) is 30.7 Å². The number of phosphoric acid groups is 1. The molecule has 0 amide bonds. The third kappa shape index (κ3) is 6.72. The van der Waals surface area contributed by atoms with Gasteiger partial charge >= 0.3 is 14.0 Å². The van der Waals surface area contributed by atoms with Crippen molar-refractivity contribution >= 4 is 7.82 Å². The van der Waals surface area contributed by atoms with E-state index in [1.165, 1.54) is 6.08 Å². The third-order valence-corrected chi connectivity index (χ3v) is 3.86. The highest BCUT2D eigenvalue weighted by atomic mass is 31.2. The molecule has 0 spiro atoms. The minimum atomic E-state index is -4.77. The maximum absolute atomic E-state index is 12.7. The summed E-state index contributed by atoms with van der Waals surface area (Å²) in [5.41, 5.74) is 4.46. The summed E-state index contributed by atoms with van der Waals surface area (Å²) in [6, 6.07) is 0. The van der Waals surface area contributed by atoms with Gasteiger partial charge in [0.1, 0.15) is 5.92 Å². The molecule has 0 heterocycles. The van der Waals surface area contributed by atoms with Crippen molar-refractivity contribution in [1.29, 1.82) is 0 Å².